The van der Waals surface area contributed by atoms with Gasteiger partial charge in [0, 0.05) is 25.3 Å². The molecule has 0 unspecified atom stereocenters. The molecule has 0 atom stereocenters. The van der Waals surface area contributed by atoms with E-state index in [0.29, 0.717) is 11.6 Å². The fourth-order valence-corrected chi connectivity index (χ4v) is 1.35. The third-order valence-corrected chi connectivity index (χ3v) is 2.26. The van der Waals surface area contributed by atoms with Crippen LogP contribution in [-0.4, -0.2) is 29.7 Å². The first-order valence-electron chi connectivity index (χ1n) is 5.57. The van der Waals surface area contributed by atoms with Crippen LogP contribution in [0.25, 0.3) is 0 Å². The number of nitrogen functional groups attached to an aromatic ring is 1. The minimum Gasteiger partial charge on any atom is -0.383 e. The maximum absolute atomic E-state index is 5.76. The van der Waals surface area contributed by atoms with E-state index in [2.05, 4.69) is 15.3 Å². The zero-order chi connectivity index (χ0) is 12.0. The molecule has 1 aromatic rings. The van der Waals surface area contributed by atoms with E-state index >= 15 is 0 Å². The van der Waals surface area contributed by atoms with Gasteiger partial charge in [-0.2, -0.15) is 0 Å². The van der Waals surface area contributed by atoms with Gasteiger partial charge in [0.25, 0.3) is 0 Å². The van der Waals surface area contributed by atoms with Crippen LogP contribution < -0.4 is 11.1 Å². The van der Waals surface area contributed by atoms with E-state index in [4.69, 9.17) is 10.5 Å². The number of nitrogens with zero attached hydrogens (tertiary/aromatic N) is 2. The molecular weight excluding hydrogens is 204 g/mol. The largest absolute Gasteiger partial charge is 0.383 e. The van der Waals surface area contributed by atoms with Gasteiger partial charge in [0.15, 0.2) is 0 Å². The number of ether oxygens (including phenoxy) is 1. The number of aryl methyl sites for hydroxylation is 1. The Bertz CT molecular complexity index is 341. The molecule has 90 valence electrons. The Morgan fingerprint density at radius 2 is 2.06 bits per heavy atom. The summed E-state index contributed by atoms with van der Waals surface area (Å²) in [7, 11) is 0. The van der Waals surface area contributed by atoms with Gasteiger partial charge >= 0.3 is 0 Å². The van der Waals surface area contributed by atoms with E-state index in [1.165, 1.54) is 0 Å². The predicted molar refractivity (Wildman–Crippen MR) is 65.5 cm³/mol. The molecule has 0 saturated heterocycles. The molecule has 0 aliphatic carbocycles. The van der Waals surface area contributed by atoms with Crippen LogP contribution in [0.4, 0.5) is 11.6 Å². The Balaban J connectivity index is 2.47. The molecule has 0 aliphatic rings. The molecule has 0 saturated carbocycles. The van der Waals surface area contributed by atoms with Gasteiger partial charge in [-0.1, -0.05) is 0 Å². The van der Waals surface area contributed by atoms with Gasteiger partial charge in [0.05, 0.1) is 0 Å². The standard InChI is InChI=1S/C11H20N4O/c1-4-16-7-5-6-13-11-8(2)10(12)14-9(3)15-11/h4-7H2,1-3H3,(H3,12,13,14,15). The Kier molecular flexibility index (Phi) is 4.98. The summed E-state index contributed by atoms with van der Waals surface area (Å²) in [6.07, 6.45) is 0.955. The molecule has 0 fully saturated rings. The number of nitrogens with two attached hydrogens (primary N) is 1. The van der Waals surface area contributed by atoms with Crippen molar-refractivity contribution in [3.63, 3.8) is 0 Å². The summed E-state index contributed by atoms with van der Waals surface area (Å²) in [5.41, 5.74) is 6.66. The smallest absolute Gasteiger partial charge is 0.134 e. The van der Waals surface area contributed by atoms with Crippen molar-refractivity contribution in [2.45, 2.75) is 27.2 Å². The second kappa shape index (κ2) is 6.27. The zero-order valence-corrected chi connectivity index (χ0v) is 10.2. The topological polar surface area (TPSA) is 73.1 Å². The number of rotatable bonds is 6. The molecule has 1 heterocycles. The summed E-state index contributed by atoms with van der Waals surface area (Å²) in [4.78, 5) is 8.40. The van der Waals surface area contributed by atoms with Gasteiger partial charge in [-0.25, -0.2) is 9.97 Å². The monoisotopic (exact) mass is 224 g/mol. The SMILES string of the molecule is CCOCCCNc1nc(C)nc(N)c1C. The Morgan fingerprint density at radius 3 is 2.75 bits per heavy atom. The van der Waals surface area contributed by atoms with Crippen molar-refractivity contribution in [2.75, 3.05) is 30.8 Å². The maximum atomic E-state index is 5.76. The molecule has 0 spiro atoms. The third kappa shape index (κ3) is 3.66. The molecule has 1 rings (SSSR count). The number of anilines is 2. The summed E-state index contributed by atoms with van der Waals surface area (Å²) < 4.78 is 5.25. The van der Waals surface area contributed by atoms with E-state index in [1.54, 1.807) is 0 Å². The van der Waals surface area contributed by atoms with Crippen LogP contribution in [0.2, 0.25) is 0 Å². The summed E-state index contributed by atoms with van der Waals surface area (Å²) in [6.45, 7) is 8.10. The quantitative estimate of drug-likeness (QED) is 0.717. The minimum atomic E-state index is 0.541. The lowest BCUT2D eigenvalue weighted by atomic mass is 10.3. The molecule has 0 radical (unpaired) electrons. The Labute approximate surface area is 96.4 Å². The van der Waals surface area contributed by atoms with Crippen molar-refractivity contribution in [3.8, 4) is 0 Å². The average Bonchev–Trinajstić information content (AvgIpc) is 2.24. The van der Waals surface area contributed by atoms with Crippen LogP contribution in [0.1, 0.15) is 24.7 Å². The van der Waals surface area contributed by atoms with E-state index in [9.17, 15) is 0 Å². The molecular formula is C11H20N4O. The van der Waals surface area contributed by atoms with Gasteiger partial charge in [0.1, 0.15) is 17.5 Å². The highest BCUT2D eigenvalue weighted by molar-refractivity contribution is 5.54. The fourth-order valence-electron chi connectivity index (χ4n) is 1.35. The van der Waals surface area contributed by atoms with Crippen LogP contribution in [0, 0.1) is 13.8 Å². The zero-order valence-electron chi connectivity index (χ0n) is 10.2. The fraction of sp³-hybridized carbons (Fsp3) is 0.636. The number of hydrogen-bond donors (Lipinski definition) is 2. The van der Waals surface area contributed by atoms with Gasteiger partial charge in [-0.05, 0) is 27.2 Å². The van der Waals surface area contributed by atoms with Crippen molar-refractivity contribution >= 4 is 11.6 Å². The van der Waals surface area contributed by atoms with E-state index in [1.807, 2.05) is 20.8 Å². The summed E-state index contributed by atoms with van der Waals surface area (Å²) in [5, 5.41) is 3.24. The number of hydrogen-bond acceptors (Lipinski definition) is 5. The molecule has 16 heavy (non-hydrogen) atoms. The summed E-state index contributed by atoms with van der Waals surface area (Å²) >= 11 is 0. The molecule has 5 heteroatoms. The third-order valence-electron chi connectivity index (χ3n) is 2.26. The van der Waals surface area contributed by atoms with Crippen molar-refractivity contribution in [3.05, 3.63) is 11.4 Å². The normalized spacial score (nSPS) is 10.4. The number of aromatic nitrogens is 2. The van der Waals surface area contributed by atoms with Crippen LogP contribution in [0.5, 0.6) is 0 Å². The van der Waals surface area contributed by atoms with Crippen molar-refractivity contribution in [1.29, 1.82) is 0 Å². The van der Waals surface area contributed by atoms with E-state index in [-0.39, 0.29) is 0 Å². The first-order chi connectivity index (χ1) is 7.65. The van der Waals surface area contributed by atoms with Crippen molar-refractivity contribution < 1.29 is 4.74 Å². The van der Waals surface area contributed by atoms with Crippen LogP contribution in [0.3, 0.4) is 0 Å². The summed E-state index contributed by atoms with van der Waals surface area (Å²) in [5.74, 6) is 2.05. The molecule has 0 amide bonds. The van der Waals surface area contributed by atoms with Gasteiger partial charge in [-0.15, -0.1) is 0 Å². The van der Waals surface area contributed by atoms with Gasteiger partial charge < -0.3 is 15.8 Å². The molecule has 0 aromatic carbocycles. The maximum Gasteiger partial charge on any atom is 0.134 e. The molecule has 5 nitrogen and oxygen atoms in total. The predicted octanol–water partition coefficient (Wildman–Crippen LogP) is 1.51. The lowest BCUT2D eigenvalue weighted by Crippen LogP contribution is -2.11. The molecule has 0 bridgehead atoms. The summed E-state index contributed by atoms with van der Waals surface area (Å²) in [6, 6.07) is 0. The molecule has 3 N–H and O–H groups in total. The highest BCUT2D eigenvalue weighted by Gasteiger charge is 2.05. The lowest BCUT2D eigenvalue weighted by Gasteiger charge is -2.10. The highest BCUT2D eigenvalue weighted by Crippen LogP contribution is 2.16. The minimum absolute atomic E-state index is 0.541. The highest BCUT2D eigenvalue weighted by atomic mass is 16.5. The van der Waals surface area contributed by atoms with Gasteiger partial charge in [-0.3, -0.25) is 0 Å². The number of nitrogens with one attached hydrogen (secondary N) is 1. The van der Waals surface area contributed by atoms with Crippen LogP contribution in [0.15, 0.2) is 0 Å². The van der Waals surface area contributed by atoms with Crippen LogP contribution in [-0.2, 0) is 4.74 Å². The lowest BCUT2D eigenvalue weighted by molar-refractivity contribution is 0.147. The average molecular weight is 224 g/mol. The van der Waals surface area contributed by atoms with Crippen LogP contribution >= 0.6 is 0 Å². The van der Waals surface area contributed by atoms with E-state index < -0.39 is 0 Å². The second-order valence-electron chi connectivity index (χ2n) is 3.61. The Morgan fingerprint density at radius 1 is 1.31 bits per heavy atom. The molecule has 0 aliphatic heterocycles. The second-order valence-corrected chi connectivity index (χ2v) is 3.61. The van der Waals surface area contributed by atoms with Crippen molar-refractivity contribution in [1.82, 2.24) is 9.97 Å². The van der Waals surface area contributed by atoms with E-state index in [0.717, 1.165) is 37.6 Å². The molecule has 1 aromatic heterocycles. The first kappa shape index (κ1) is 12.7. The first-order valence-corrected chi connectivity index (χ1v) is 5.57. The van der Waals surface area contributed by atoms with Crippen molar-refractivity contribution in [2.24, 2.45) is 0 Å². The Hall–Kier alpha value is -1.36. The van der Waals surface area contributed by atoms with Gasteiger partial charge in [0.2, 0.25) is 0 Å².